The van der Waals surface area contributed by atoms with Gasteiger partial charge in [0, 0.05) is 20.2 Å². The third kappa shape index (κ3) is 4.44. The minimum atomic E-state index is 1.23. The summed E-state index contributed by atoms with van der Waals surface area (Å²) in [5, 5.41) is 7.77. The zero-order valence-electron chi connectivity index (χ0n) is 24.6. The van der Waals surface area contributed by atoms with E-state index in [4.69, 9.17) is 0 Å². The molecule has 0 saturated heterocycles. The lowest BCUT2D eigenvalue weighted by atomic mass is 9.90. The first-order chi connectivity index (χ1) is 22.3. The summed E-state index contributed by atoms with van der Waals surface area (Å²) in [5.41, 5.74) is 9.98. The number of thiophene rings is 1. The van der Waals surface area contributed by atoms with Crippen LogP contribution in [0.4, 0.5) is 0 Å². The Morgan fingerprint density at radius 3 is 1.40 bits per heavy atom. The lowest BCUT2D eigenvalue weighted by molar-refractivity contribution is 1.60. The van der Waals surface area contributed by atoms with E-state index in [1.807, 2.05) is 11.3 Å². The van der Waals surface area contributed by atoms with E-state index in [1.54, 1.807) is 0 Å². The fourth-order valence-electron chi connectivity index (χ4n) is 6.86. The third-order valence-electron chi connectivity index (χ3n) is 9.13. The normalized spacial score (nSPS) is 11.6. The summed E-state index contributed by atoms with van der Waals surface area (Å²) in [6.45, 7) is 0. The summed E-state index contributed by atoms with van der Waals surface area (Å²) in [7, 11) is 0. The molecule has 0 aliphatic carbocycles. The van der Waals surface area contributed by atoms with Crippen molar-refractivity contribution in [3.05, 3.63) is 170 Å². The number of fused-ring (bicyclic) bond motifs is 5. The van der Waals surface area contributed by atoms with Gasteiger partial charge in [0.25, 0.3) is 0 Å². The Bertz CT molecular complexity index is 2510. The van der Waals surface area contributed by atoms with Gasteiger partial charge in [-0.1, -0.05) is 152 Å². The van der Waals surface area contributed by atoms with Crippen molar-refractivity contribution >= 4 is 53.1 Å². The molecule has 8 aromatic carbocycles. The first-order valence-electron chi connectivity index (χ1n) is 15.4. The van der Waals surface area contributed by atoms with Crippen molar-refractivity contribution in [1.29, 1.82) is 0 Å². The average Bonchev–Trinajstić information content (AvgIpc) is 3.49. The molecule has 1 aromatic heterocycles. The zero-order valence-corrected chi connectivity index (χ0v) is 25.4. The maximum atomic E-state index is 2.35. The van der Waals surface area contributed by atoms with Crippen LogP contribution in [0.2, 0.25) is 0 Å². The molecule has 0 amide bonds. The molecule has 0 N–H and O–H groups in total. The Labute approximate surface area is 266 Å². The number of rotatable bonds is 4. The quantitative estimate of drug-likeness (QED) is 0.192. The number of benzene rings is 8. The second kappa shape index (κ2) is 10.6. The van der Waals surface area contributed by atoms with Crippen LogP contribution in [0, 0.1) is 0 Å². The van der Waals surface area contributed by atoms with Crippen LogP contribution < -0.4 is 0 Å². The van der Waals surface area contributed by atoms with E-state index >= 15 is 0 Å². The lowest BCUT2D eigenvalue weighted by Crippen LogP contribution is -1.87. The fraction of sp³-hybridized carbons (Fsp3) is 0. The molecule has 0 saturated carbocycles. The molecule has 1 heteroatoms. The predicted octanol–water partition coefficient (Wildman–Crippen LogP) is 13.0. The van der Waals surface area contributed by atoms with Gasteiger partial charge in [0.1, 0.15) is 0 Å². The summed E-state index contributed by atoms with van der Waals surface area (Å²) in [6.07, 6.45) is 0. The molecule has 0 atom stereocenters. The fourth-order valence-corrected chi connectivity index (χ4v) is 7.94. The lowest BCUT2D eigenvalue weighted by Gasteiger charge is -2.13. The van der Waals surface area contributed by atoms with Crippen LogP contribution in [-0.2, 0) is 0 Å². The molecule has 210 valence electrons. The van der Waals surface area contributed by atoms with E-state index in [9.17, 15) is 0 Å². The Morgan fingerprint density at radius 2 is 0.733 bits per heavy atom. The molecule has 9 rings (SSSR count). The highest BCUT2D eigenvalue weighted by molar-refractivity contribution is 7.25. The Kier molecular flexibility index (Phi) is 6.11. The van der Waals surface area contributed by atoms with Gasteiger partial charge in [0.05, 0.1) is 0 Å². The van der Waals surface area contributed by atoms with Gasteiger partial charge in [-0.25, -0.2) is 0 Å². The van der Waals surface area contributed by atoms with E-state index in [2.05, 4.69) is 170 Å². The Hall–Kier alpha value is -5.50. The number of hydrogen-bond acceptors (Lipinski definition) is 1. The maximum absolute atomic E-state index is 2.35. The van der Waals surface area contributed by atoms with Crippen molar-refractivity contribution in [1.82, 2.24) is 0 Å². The molecular weight excluding hydrogens is 561 g/mol. The SMILES string of the molecule is c1ccc2c(-c3ccc(-c4ccc(-c5ccc(-c6ccc7sc8ccccc8c7c6)cc5)c5ccccc45)cc3)cccc2c1. The van der Waals surface area contributed by atoms with Crippen LogP contribution in [0.25, 0.3) is 86.2 Å². The predicted molar refractivity (Wildman–Crippen MR) is 196 cm³/mol. The average molecular weight is 589 g/mol. The van der Waals surface area contributed by atoms with Crippen LogP contribution >= 0.6 is 11.3 Å². The Balaban J connectivity index is 1.07. The van der Waals surface area contributed by atoms with Crippen molar-refractivity contribution in [2.75, 3.05) is 0 Å². The summed E-state index contributed by atoms with van der Waals surface area (Å²) < 4.78 is 2.68. The molecular formula is C44H28S. The molecule has 0 nitrogen and oxygen atoms in total. The van der Waals surface area contributed by atoms with Gasteiger partial charge in [-0.3, -0.25) is 0 Å². The maximum Gasteiger partial charge on any atom is 0.0355 e. The summed E-state index contributed by atoms with van der Waals surface area (Å²) in [6, 6.07) is 62.2. The smallest absolute Gasteiger partial charge is 0.0355 e. The highest BCUT2D eigenvalue weighted by Crippen LogP contribution is 2.39. The van der Waals surface area contributed by atoms with Crippen molar-refractivity contribution in [3.8, 4) is 44.5 Å². The van der Waals surface area contributed by atoms with Crippen LogP contribution in [-0.4, -0.2) is 0 Å². The van der Waals surface area contributed by atoms with Crippen molar-refractivity contribution in [2.45, 2.75) is 0 Å². The zero-order chi connectivity index (χ0) is 29.7. The van der Waals surface area contributed by atoms with Gasteiger partial charge in [-0.2, -0.15) is 0 Å². The largest absolute Gasteiger partial charge is 0.135 e. The second-order valence-corrected chi connectivity index (χ2v) is 12.8. The molecule has 0 bridgehead atoms. The first kappa shape index (κ1) is 25.9. The van der Waals surface area contributed by atoms with Crippen LogP contribution in [0.15, 0.2) is 170 Å². The van der Waals surface area contributed by atoms with Crippen molar-refractivity contribution < 1.29 is 0 Å². The van der Waals surface area contributed by atoms with Gasteiger partial charge in [0.2, 0.25) is 0 Å². The minimum Gasteiger partial charge on any atom is -0.135 e. The molecule has 0 aliphatic rings. The van der Waals surface area contributed by atoms with E-state index in [1.165, 1.54) is 86.2 Å². The second-order valence-electron chi connectivity index (χ2n) is 11.7. The summed E-state index contributed by atoms with van der Waals surface area (Å²) >= 11 is 1.87. The van der Waals surface area contributed by atoms with Crippen LogP contribution in [0.3, 0.4) is 0 Å². The van der Waals surface area contributed by atoms with E-state index in [0.717, 1.165) is 0 Å². The molecule has 1 heterocycles. The molecule has 0 fully saturated rings. The van der Waals surface area contributed by atoms with Crippen molar-refractivity contribution in [2.24, 2.45) is 0 Å². The van der Waals surface area contributed by atoms with Crippen LogP contribution in [0.1, 0.15) is 0 Å². The Morgan fingerprint density at radius 1 is 0.267 bits per heavy atom. The van der Waals surface area contributed by atoms with Gasteiger partial charge in [0.15, 0.2) is 0 Å². The highest BCUT2D eigenvalue weighted by Gasteiger charge is 2.12. The van der Waals surface area contributed by atoms with Gasteiger partial charge < -0.3 is 0 Å². The van der Waals surface area contributed by atoms with E-state index in [-0.39, 0.29) is 0 Å². The van der Waals surface area contributed by atoms with Crippen LogP contribution in [0.5, 0.6) is 0 Å². The molecule has 0 radical (unpaired) electrons. The van der Waals surface area contributed by atoms with Crippen molar-refractivity contribution in [3.63, 3.8) is 0 Å². The first-order valence-corrected chi connectivity index (χ1v) is 16.2. The highest BCUT2D eigenvalue weighted by atomic mass is 32.1. The molecule has 0 spiro atoms. The summed E-state index contributed by atoms with van der Waals surface area (Å²) in [4.78, 5) is 0. The van der Waals surface area contributed by atoms with Gasteiger partial charge in [-0.05, 0) is 84.3 Å². The molecule has 0 unspecified atom stereocenters. The van der Waals surface area contributed by atoms with E-state index in [0.29, 0.717) is 0 Å². The molecule has 45 heavy (non-hydrogen) atoms. The topological polar surface area (TPSA) is 0 Å². The number of hydrogen-bond donors (Lipinski definition) is 0. The standard InChI is InChI=1S/C44H28S/c1-2-10-35-30(8-1)9-7-14-36(35)31-20-22-33(23-21-31)38-26-25-37(39-11-3-4-12-40(38)39)32-18-16-29(17-19-32)34-24-27-44-42(28-34)41-13-5-6-15-43(41)45-44/h1-28H. The van der Waals surface area contributed by atoms with E-state index < -0.39 is 0 Å². The van der Waals surface area contributed by atoms with Gasteiger partial charge >= 0.3 is 0 Å². The molecule has 0 aliphatic heterocycles. The van der Waals surface area contributed by atoms with Gasteiger partial charge in [-0.15, -0.1) is 11.3 Å². The third-order valence-corrected chi connectivity index (χ3v) is 10.3. The molecule has 9 aromatic rings. The monoisotopic (exact) mass is 588 g/mol. The minimum absolute atomic E-state index is 1.23. The summed E-state index contributed by atoms with van der Waals surface area (Å²) in [5.74, 6) is 0.